The van der Waals surface area contributed by atoms with Crippen molar-refractivity contribution < 1.29 is 19.1 Å². The third-order valence-corrected chi connectivity index (χ3v) is 4.31. The van der Waals surface area contributed by atoms with Crippen LogP contribution in [0.2, 0.25) is 0 Å². The van der Waals surface area contributed by atoms with Crippen LogP contribution in [0.3, 0.4) is 0 Å². The van der Waals surface area contributed by atoms with Gasteiger partial charge in [-0.25, -0.2) is 4.79 Å². The molecule has 23 heavy (non-hydrogen) atoms. The summed E-state index contributed by atoms with van der Waals surface area (Å²) < 4.78 is 5.23. The molecule has 2 fully saturated rings. The molecule has 1 aromatic rings. The molecule has 1 saturated carbocycles. The van der Waals surface area contributed by atoms with Crippen LogP contribution < -0.4 is 10.6 Å². The standard InChI is InChI=1S/C17H20N2O4/c1-10-7-14(10)16(21)19-12-4-2-3-11(8-12)17(22)23-9-13-5-6-15(20)18-13/h2-4,8,10,13-14H,5-7,9H2,1H3,(H,18,20)(H,19,21). The van der Waals surface area contributed by atoms with Crippen molar-refractivity contribution >= 4 is 23.5 Å². The minimum absolute atomic E-state index is 0.00307. The molecule has 1 heterocycles. The Balaban J connectivity index is 1.54. The number of hydrogen-bond acceptors (Lipinski definition) is 4. The van der Waals surface area contributed by atoms with Gasteiger partial charge in [-0.3, -0.25) is 9.59 Å². The molecule has 3 atom stereocenters. The van der Waals surface area contributed by atoms with Gasteiger partial charge in [-0.05, 0) is 37.0 Å². The fourth-order valence-corrected chi connectivity index (χ4v) is 2.71. The molecular weight excluding hydrogens is 296 g/mol. The predicted octanol–water partition coefficient (Wildman–Crippen LogP) is 1.72. The second-order valence-electron chi connectivity index (χ2n) is 6.29. The Morgan fingerprint density at radius 1 is 1.39 bits per heavy atom. The van der Waals surface area contributed by atoms with Gasteiger partial charge >= 0.3 is 5.97 Å². The fourth-order valence-electron chi connectivity index (χ4n) is 2.71. The van der Waals surface area contributed by atoms with E-state index in [0.717, 1.165) is 6.42 Å². The first-order valence-electron chi connectivity index (χ1n) is 7.90. The van der Waals surface area contributed by atoms with E-state index in [1.807, 2.05) is 6.92 Å². The van der Waals surface area contributed by atoms with Gasteiger partial charge in [0.2, 0.25) is 11.8 Å². The molecule has 1 aliphatic heterocycles. The lowest BCUT2D eigenvalue weighted by atomic mass is 10.2. The van der Waals surface area contributed by atoms with Crippen molar-refractivity contribution in [1.82, 2.24) is 5.32 Å². The topological polar surface area (TPSA) is 84.5 Å². The van der Waals surface area contributed by atoms with Gasteiger partial charge in [0.15, 0.2) is 0 Å². The zero-order chi connectivity index (χ0) is 16.4. The Labute approximate surface area is 134 Å². The predicted molar refractivity (Wildman–Crippen MR) is 83.8 cm³/mol. The Kier molecular flexibility index (Phi) is 4.32. The number of nitrogens with one attached hydrogen (secondary N) is 2. The fraction of sp³-hybridized carbons (Fsp3) is 0.471. The quantitative estimate of drug-likeness (QED) is 0.810. The maximum absolute atomic E-state index is 12.1. The summed E-state index contributed by atoms with van der Waals surface area (Å²) >= 11 is 0. The van der Waals surface area contributed by atoms with Crippen LogP contribution in [0.4, 0.5) is 5.69 Å². The molecule has 3 rings (SSSR count). The molecule has 6 nitrogen and oxygen atoms in total. The molecule has 0 radical (unpaired) electrons. The van der Waals surface area contributed by atoms with Crippen LogP contribution in [0.1, 0.15) is 36.5 Å². The number of esters is 1. The molecule has 1 aromatic carbocycles. The van der Waals surface area contributed by atoms with Gasteiger partial charge in [0.1, 0.15) is 6.61 Å². The van der Waals surface area contributed by atoms with Gasteiger partial charge in [0.05, 0.1) is 11.6 Å². The van der Waals surface area contributed by atoms with Gasteiger partial charge in [0, 0.05) is 18.0 Å². The smallest absolute Gasteiger partial charge is 0.338 e. The van der Waals surface area contributed by atoms with E-state index in [0.29, 0.717) is 30.0 Å². The Bertz CT molecular complexity index is 643. The van der Waals surface area contributed by atoms with E-state index in [1.165, 1.54) is 0 Å². The Morgan fingerprint density at radius 3 is 2.83 bits per heavy atom. The zero-order valence-corrected chi connectivity index (χ0v) is 13.0. The van der Waals surface area contributed by atoms with Crippen molar-refractivity contribution in [2.45, 2.75) is 32.2 Å². The number of ether oxygens (including phenoxy) is 1. The summed E-state index contributed by atoms with van der Waals surface area (Å²) in [6.07, 6.45) is 2.08. The van der Waals surface area contributed by atoms with Crippen molar-refractivity contribution in [3.8, 4) is 0 Å². The number of rotatable bonds is 5. The number of hydrogen-bond donors (Lipinski definition) is 2. The number of carbonyl (C=O) groups excluding carboxylic acids is 3. The van der Waals surface area contributed by atoms with Crippen LogP contribution in [0.15, 0.2) is 24.3 Å². The van der Waals surface area contributed by atoms with Crippen LogP contribution >= 0.6 is 0 Å². The van der Waals surface area contributed by atoms with Crippen molar-refractivity contribution in [1.29, 1.82) is 0 Å². The van der Waals surface area contributed by atoms with Gasteiger partial charge in [-0.1, -0.05) is 13.0 Å². The van der Waals surface area contributed by atoms with Crippen molar-refractivity contribution in [3.63, 3.8) is 0 Å². The maximum Gasteiger partial charge on any atom is 0.338 e. The molecule has 0 aromatic heterocycles. The largest absolute Gasteiger partial charge is 0.460 e. The van der Waals surface area contributed by atoms with Crippen molar-refractivity contribution in [2.75, 3.05) is 11.9 Å². The van der Waals surface area contributed by atoms with Gasteiger partial charge < -0.3 is 15.4 Å². The molecule has 1 saturated heterocycles. The summed E-state index contributed by atoms with van der Waals surface area (Å²) in [5.74, 6) is 0.0464. The van der Waals surface area contributed by atoms with E-state index in [1.54, 1.807) is 24.3 Å². The first-order valence-corrected chi connectivity index (χ1v) is 7.90. The van der Waals surface area contributed by atoms with Gasteiger partial charge in [-0.2, -0.15) is 0 Å². The normalized spacial score (nSPS) is 25.6. The average molecular weight is 316 g/mol. The Hall–Kier alpha value is -2.37. The molecule has 2 N–H and O–H groups in total. The average Bonchev–Trinajstić information content (AvgIpc) is 3.12. The van der Waals surface area contributed by atoms with Crippen LogP contribution in [0, 0.1) is 11.8 Å². The van der Waals surface area contributed by atoms with Crippen LogP contribution in [0.25, 0.3) is 0 Å². The minimum Gasteiger partial charge on any atom is -0.460 e. The summed E-state index contributed by atoms with van der Waals surface area (Å²) in [6.45, 7) is 2.21. The van der Waals surface area contributed by atoms with E-state index >= 15 is 0 Å². The first kappa shape index (κ1) is 15.5. The highest BCUT2D eigenvalue weighted by Crippen LogP contribution is 2.38. The molecule has 0 bridgehead atoms. The lowest BCUT2D eigenvalue weighted by Crippen LogP contribution is -2.30. The highest BCUT2D eigenvalue weighted by atomic mass is 16.5. The molecule has 2 amide bonds. The summed E-state index contributed by atoms with van der Waals surface area (Å²) in [5.41, 5.74) is 0.980. The SMILES string of the molecule is CC1CC1C(=O)Nc1cccc(C(=O)OCC2CCC(=O)N2)c1. The Morgan fingerprint density at radius 2 is 2.17 bits per heavy atom. The third-order valence-electron chi connectivity index (χ3n) is 4.31. The highest BCUT2D eigenvalue weighted by Gasteiger charge is 2.39. The van der Waals surface area contributed by atoms with Crippen molar-refractivity contribution in [2.24, 2.45) is 11.8 Å². The summed E-state index contributed by atoms with van der Waals surface area (Å²) in [7, 11) is 0. The number of anilines is 1. The summed E-state index contributed by atoms with van der Waals surface area (Å²) in [4.78, 5) is 35.1. The molecule has 3 unspecified atom stereocenters. The monoisotopic (exact) mass is 316 g/mol. The molecular formula is C17H20N2O4. The van der Waals surface area contributed by atoms with E-state index in [2.05, 4.69) is 10.6 Å². The molecule has 0 spiro atoms. The number of benzene rings is 1. The third kappa shape index (κ3) is 3.88. The lowest BCUT2D eigenvalue weighted by molar-refractivity contribution is -0.119. The summed E-state index contributed by atoms with van der Waals surface area (Å²) in [5, 5.41) is 5.58. The lowest BCUT2D eigenvalue weighted by Gasteiger charge is -2.11. The van der Waals surface area contributed by atoms with Crippen molar-refractivity contribution in [3.05, 3.63) is 29.8 Å². The molecule has 6 heteroatoms. The van der Waals surface area contributed by atoms with Gasteiger partial charge in [-0.15, -0.1) is 0 Å². The van der Waals surface area contributed by atoms with E-state index in [-0.39, 0.29) is 30.4 Å². The second kappa shape index (κ2) is 6.40. The maximum atomic E-state index is 12.1. The zero-order valence-electron chi connectivity index (χ0n) is 13.0. The van der Waals surface area contributed by atoms with Crippen LogP contribution in [0.5, 0.6) is 0 Å². The van der Waals surface area contributed by atoms with E-state index in [9.17, 15) is 14.4 Å². The van der Waals surface area contributed by atoms with E-state index < -0.39 is 5.97 Å². The summed E-state index contributed by atoms with van der Waals surface area (Å²) in [6, 6.07) is 6.61. The minimum atomic E-state index is -0.456. The van der Waals surface area contributed by atoms with E-state index in [4.69, 9.17) is 4.74 Å². The molecule has 2 aliphatic rings. The molecule has 1 aliphatic carbocycles. The van der Waals surface area contributed by atoms with Crippen LogP contribution in [-0.4, -0.2) is 30.4 Å². The highest BCUT2D eigenvalue weighted by molar-refractivity contribution is 5.96. The number of carbonyl (C=O) groups is 3. The van der Waals surface area contributed by atoms with Gasteiger partial charge in [0.25, 0.3) is 0 Å². The first-order chi connectivity index (χ1) is 11.0. The van der Waals surface area contributed by atoms with Crippen LogP contribution in [-0.2, 0) is 14.3 Å². The second-order valence-corrected chi connectivity index (χ2v) is 6.29. The number of amides is 2. The molecule has 122 valence electrons.